The van der Waals surface area contributed by atoms with Gasteiger partial charge in [0.25, 0.3) is 0 Å². The molecule has 1 aromatic rings. The largest absolute Gasteiger partial charge is 0.493 e. The van der Waals surface area contributed by atoms with E-state index in [1.807, 2.05) is 0 Å². The predicted octanol–water partition coefficient (Wildman–Crippen LogP) is 1.82. The van der Waals surface area contributed by atoms with Crippen molar-refractivity contribution in [2.45, 2.75) is 6.92 Å². The molecule has 1 aromatic carbocycles. The average Bonchev–Trinajstić information content (AvgIpc) is 2.51. The highest BCUT2D eigenvalue weighted by atomic mass is 16.6. The lowest BCUT2D eigenvalue weighted by Gasteiger charge is -2.10. The number of hydrogen-bond donors (Lipinski definition) is 0. The molecule has 0 N–H and O–H groups in total. The highest BCUT2D eigenvalue weighted by molar-refractivity contribution is 5.87. The molecule has 0 aromatic heterocycles. The van der Waals surface area contributed by atoms with Crippen LogP contribution in [0.15, 0.2) is 24.3 Å². The van der Waals surface area contributed by atoms with Crippen LogP contribution in [0.1, 0.15) is 12.5 Å². The third-order valence-corrected chi connectivity index (χ3v) is 2.46. The lowest BCUT2D eigenvalue weighted by molar-refractivity contribution is -0.143. The van der Waals surface area contributed by atoms with Gasteiger partial charge in [0, 0.05) is 6.08 Å². The maximum absolute atomic E-state index is 11.2. The van der Waals surface area contributed by atoms with Gasteiger partial charge < -0.3 is 18.9 Å². The van der Waals surface area contributed by atoms with Gasteiger partial charge in [-0.1, -0.05) is 6.07 Å². The van der Waals surface area contributed by atoms with Crippen molar-refractivity contribution in [3.05, 3.63) is 29.8 Å². The molecule has 6 nitrogen and oxygen atoms in total. The third-order valence-electron chi connectivity index (χ3n) is 2.46. The molecule has 6 heteroatoms. The second kappa shape index (κ2) is 8.63. The fourth-order valence-corrected chi connectivity index (χ4v) is 1.46. The molecule has 0 radical (unpaired) electrons. The van der Waals surface area contributed by atoms with Gasteiger partial charge in [-0.3, -0.25) is 0 Å². The third kappa shape index (κ3) is 5.56. The fourth-order valence-electron chi connectivity index (χ4n) is 1.46. The monoisotopic (exact) mass is 294 g/mol. The van der Waals surface area contributed by atoms with Crippen LogP contribution in [-0.2, 0) is 19.1 Å². The maximum Gasteiger partial charge on any atom is 0.343 e. The Morgan fingerprint density at radius 3 is 2.57 bits per heavy atom. The molecule has 0 aliphatic carbocycles. The van der Waals surface area contributed by atoms with Crippen LogP contribution in [0.2, 0.25) is 0 Å². The van der Waals surface area contributed by atoms with Crippen molar-refractivity contribution in [2.75, 3.05) is 27.4 Å². The summed E-state index contributed by atoms with van der Waals surface area (Å²) in [6.07, 6.45) is 2.93. The van der Waals surface area contributed by atoms with Crippen LogP contribution >= 0.6 is 0 Å². The normalized spacial score (nSPS) is 10.2. The molecule has 0 aliphatic rings. The molecule has 0 saturated carbocycles. The van der Waals surface area contributed by atoms with Gasteiger partial charge in [-0.15, -0.1) is 0 Å². The Morgan fingerprint density at radius 1 is 1.19 bits per heavy atom. The Morgan fingerprint density at radius 2 is 1.95 bits per heavy atom. The van der Waals surface area contributed by atoms with Gasteiger partial charge in [-0.25, -0.2) is 9.59 Å². The number of hydrogen-bond acceptors (Lipinski definition) is 6. The van der Waals surface area contributed by atoms with E-state index >= 15 is 0 Å². The molecule has 21 heavy (non-hydrogen) atoms. The first-order chi connectivity index (χ1) is 10.1. The second-order valence-electron chi connectivity index (χ2n) is 3.86. The summed E-state index contributed by atoms with van der Waals surface area (Å²) in [6, 6.07) is 5.06. The zero-order chi connectivity index (χ0) is 15.7. The predicted molar refractivity (Wildman–Crippen MR) is 76.2 cm³/mol. The van der Waals surface area contributed by atoms with Crippen LogP contribution in [0.25, 0.3) is 6.08 Å². The maximum atomic E-state index is 11.2. The lowest BCUT2D eigenvalue weighted by Crippen LogP contribution is -2.12. The summed E-state index contributed by atoms with van der Waals surface area (Å²) in [6.45, 7) is 1.86. The van der Waals surface area contributed by atoms with Gasteiger partial charge in [0.1, 0.15) is 0 Å². The van der Waals surface area contributed by atoms with Crippen LogP contribution in [-0.4, -0.2) is 39.4 Å². The van der Waals surface area contributed by atoms with Gasteiger partial charge >= 0.3 is 11.9 Å². The van der Waals surface area contributed by atoms with Gasteiger partial charge in [-0.05, 0) is 30.7 Å². The van der Waals surface area contributed by atoms with Crippen molar-refractivity contribution >= 4 is 18.0 Å². The molecule has 0 fully saturated rings. The van der Waals surface area contributed by atoms with E-state index in [0.29, 0.717) is 18.1 Å². The Labute approximate surface area is 123 Å². The first kappa shape index (κ1) is 16.6. The molecule has 0 heterocycles. The fraction of sp³-hybridized carbons (Fsp3) is 0.333. The summed E-state index contributed by atoms with van der Waals surface area (Å²) >= 11 is 0. The average molecular weight is 294 g/mol. The summed E-state index contributed by atoms with van der Waals surface area (Å²) in [7, 11) is 2.77. The Bertz CT molecular complexity index is 521. The van der Waals surface area contributed by atoms with Crippen LogP contribution < -0.4 is 9.47 Å². The molecule has 1 rings (SSSR count). The van der Waals surface area contributed by atoms with Crippen LogP contribution in [0.5, 0.6) is 11.5 Å². The summed E-state index contributed by atoms with van der Waals surface area (Å²) in [4.78, 5) is 22.3. The minimum absolute atomic E-state index is 0.204. The van der Waals surface area contributed by atoms with Gasteiger partial charge in [-0.2, -0.15) is 0 Å². The quantitative estimate of drug-likeness (QED) is 0.564. The van der Waals surface area contributed by atoms with E-state index in [4.69, 9.17) is 14.2 Å². The van der Waals surface area contributed by atoms with Crippen LogP contribution in [0.4, 0.5) is 0 Å². The first-order valence-corrected chi connectivity index (χ1v) is 6.33. The van der Waals surface area contributed by atoms with Crippen molar-refractivity contribution in [1.82, 2.24) is 0 Å². The zero-order valence-corrected chi connectivity index (χ0v) is 12.3. The van der Waals surface area contributed by atoms with Crippen molar-refractivity contribution in [3.8, 4) is 11.5 Å². The first-order valence-electron chi connectivity index (χ1n) is 6.33. The number of rotatable bonds is 7. The molecule has 0 aliphatic heterocycles. The minimum atomic E-state index is -0.483. The molecule has 114 valence electrons. The molecule has 0 spiro atoms. The Kier molecular flexibility index (Phi) is 6.80. The highest BCUT2D eigenvalue weighted by Crippen LogP contribution is 2.28. The number of carbonyl (C=O) groups is 2. The van der Waals surface area contributed by atoms with Gasteiger partial charge in [0.15, 0.2) is 18.1 Å². The molecule has 0 unspecified atom stereocenters. The molecular formula is C15H18O6. The van der Waals surface area contributed by atoms with Crippen molar-refractivity contribution in [1.29, 1.82) is 0 Å². The summed E-state index contributed by atoms with van der Waals surface area (Å²) in [5, 5.41) is 0. The number of esters is 2. The highest BCUT2D eigenvalue weighted by Gasteiger charge is 2.08. The summed E-state index contributed by atoms with van der Waals surface area (Å²) in [5.74, 6) is -0.0353. The Balaban J connectivity index is 2.78. The second-order valence-corrected chi connectivity index (χ2v) is 3.86. The molecular weight excluding hydrogens is 276 g/mol. The lowest BCUT2D eigenvalue weighted by atomic mass is 10.2. The van der Waals surface area contributed by atoms with Crippen molar-refractivity contribution in [2.24, 2.45) is 0 Å². The van der Waals surface area contributed by atoms with E-state index in [1.54, 1.807) is 31.2 Å². The van der Waals surface area contributed by atoms with Crippen LogP contribution in [0.3, 0.4) is 0 Å². The van der Waals surface area contributed by atoms with E-state index in [1.165, 1.54) is 20.3 Å². The van der Waals surface area contributed by atoms with E-state index < -0.39 is 11.9 Å². The van der Waals surface area contributed by atoms with E-state index in [-0.39, 0.29) is 6.61 Å². The summed E-state index contributed by atoms with van der Waals surface area (Å²) < 4.78 is 19.7. The standard InChI is InChI=1S/C15H18O6/c1-4-20-14(16)8-6-11-5-7-12(13(9-11)18-2)21-10-15(17)19-3/h5-9H,4,10H2,1-3H3/b8-6+. The SMILES string of the molecule is CCOC(=O)/C=C/c1ccc(OCC(=O)OC)c(OC)c1. The number of benzene rings is 1. The number of ether oxygens (including phenoxy) is 4. The van der Waals surface area contributed by atoms with Gasteiger partial charge in [0.2, 0.25) is 0 Å². The van der Waals surface area contributed by atoms with Crippen molar-refractivity contribution in [3.63, 3.8) is 0 Å². The topological polar surface area (TPSA) is 71.1 Å². The molecule has 0 amide bonds. The number of methoxy groups -OCH3 is 2. The van der Waals surface area contributed by atoms with Gasteiger partial charge in [0.05, 0.1) is 20.8 Å². The number of carbonyl (C=O) groups excluding carboxylic acids is 2. The van der Waals surface area contributed by atoms with E-state index in [0.717, 1.165) is 5.56 Å². The van der Waals surface area contributed by atoms with E-state index in [2.05, 4.69) is 4.74 Å². The zero-order valence-electron chi connectivity index (χ0n) is 12.3. The van der Waals surface area contributed by atoms with Crippen LogP contribution in [0, 0.1) is 0 Å². The molecule has 0 saturated heterocycles. The Hall–Kier alpha value is -2.50. The molecule has 0 bridgehead atoms. The van der Waals surface area contributed by atoms with Crippen molar-refractivity contribution < 1.29 is 28.5 Å². The summed E-state index contributed by atoms with van der Waals surface area (Å²) in [5.41, 5.74) is 0.741. The van der Waals surface area contributed by atoms with E-state index in [9.17, 15) is 9.59 Å². The smallest absolute Gasteiger partial charge is 0.343 e. The molecule has 0 atom stereocenters. The minimum Gasteiger partial charge on any atom is -0.493 e.